The summed E-state index contributed by atoms with van der Waals surface area (Å²) in [6, 6.07) is 9.41. The molecule has 5 heteroatoms. The number of unbranched alkanes of at least 4 members (excludes halogenated alkanes) is 1. The number of anilines is 1. The van der Waals surface area contributed by atoms with Gasteiger partial charge in [-0.3, -0.25) is 14.6 Å². The van der Waals surface area contributed by atoms with E-state index in [9.17, 15) is 9.59 Å². The van der Waals surface area contributed by atoms with E-state index in [1.165, 1.54) is 0 Å². The molecule has 0 saturated heterocycles. The molecule has 0 bridgehead atoms. The van der Waals surface area contributed by atoms with Gasteiger partial charge in [-0.2, -0.15) is 0 Å². The molecule has 26 heavy (non-hydrogen) atoms. The molecule has 0 fully saturated rings. The van der Waals surface area contributed by atoms with E-state index in [0.29, 0.717) is 0 Å². The molecule has 1 aromatic heterocycles. The highest BCUT2D eigenvalue weighted by atomic mass is 16.2. The largest absolute Gasteiger partial charge is 0.349 e. The van der Waals surface area contributed by atoms with Gasteiger partial charge in [-0.1, -0.05) is 38.0 Å². The molecule has 5 nitrogen and oxygen atoms in total. The number of hydrogen-bond acceptors (Lipinski definition) is 3. The zero-order valence-corrected chi connectivity index (χ0v) is 15.7. The zero-order chi connectivity index (χ0) is 18.9. The minimum absolute atomic E-state index is 0.121. The first-order valence-electron chi connectivity index (χ1n) is 9.06. The van der Waals surface area contributed by atoms with Crippen molar-refractivity contribution in [2.45, 2.75) is 52.5 Å². The molecule has 0 aliphatic rings. The highest BCUT2D eigenvalue weighted by Crippen LogP contribution is 2.20. The van der Waals surface area contributed by atoms with Crippen molar-refractivity contribution in [1.82, 2.24) is 10.3 Å². The highest BCUT2D eigenvalue weighted by Gasteiger charge is 2.17. The number of rotatable bonds is 8. The summed E-state index contributed by atoms with van der Waals surface area (Å²) in [5.74, 6) is -0.589. The molecule has 138 valence electrons. The van der Waals surface area contributed by atoms with Crippen LogP contribution >= 0.6 is 0 Å². The van der Waals surface area contributed by atoms with Gasteiger partial charge in [0.25, 0.3) is 0 Å². The van der Waals surface area contributed by atoms with E-state index in [2.05, 4.69) is 22.5 Å². The van der Waals surface area contributed by atoms with E-state index in [-0.39, 0.29) is 24.3 Å². The molecule has 0 radical (unpaired) electrons. The minimum atomic E-state index is -0.309. The van der Waals surface area contributed by atoms with Crippen molar-refractivity contribution < 1.29 is 9.59 Å². The van der Waals surface area contributed by atoms with Crippen LogP contribution in [-0.2, 0) is 9.59 Å². The van der Waals surface area contributed by atoms with Crippen LogP contribution in [0, 0.1) is 13.8 Å². The Bertz CT molecular complexity index is 744. The first-order chi connectivity index (χ1) is 12.5. The third-order valence-electron chi connectivity index (χ3n) is 4.47. The second-order valence-corrected chi connectivity index (χ2v) is 6.52. The van der Waals surface area contributed by atoms with Crippen molar-refractivity contribution in [3.63, 3.8) is 0 Å². The van der Waals surface area contributed by atoms with Crippen LogP contribution in [0.1, 0.15) is 55.3 Å². The summed E-state index contributed by atoms with van der Waals surface area (Å²) in [5, 5.41) is 5.80. The van der Waals surface area contributed by atoms with Crippen molar-refractivity contribution in [2.24, 2.45) is 0 Å². The minimum Gasteiger partial charge on any atom is -0.349 e. The molecule has 2 rings (SSSR count). The lowest BCUT2D eigenvalue weighted by Crippen LogP contribution is -2.31. The fourth-order valence-corrected chi connectivity index (χ4v) is 2.78. The predicted molar refractivity (Wildman–Crippen MR) is 104 cm³/mol. The first kappa shape index (κ1) is 19.6. The lowest BCUT2D eigenvalue weighted by molar-refractivity contribution is -0.127. The van der Waals surface area contributed by atoms with Crippen LogP contribution in [0.4, 0.5) is 5.69 Å². The molecule has 0 saturated carbocycles. The molecule has 2 amide bonds. The van der Waals surface area contributed by atoms with Crippen LogP contribution in [0.2, 0.25) is 0 Å². The quantitative estimate of drug-likeness (QED) is 0.703. The molecular formula is C21H27N3O2. The van der Waals surface area contributed by atoms with Gasteiger partial charge in [-0.25, -0.2) is 0 Å². The van der Waals surface area contributed by atoms with Gasteiger partial charge in [0.2, 0.25) is 11.8 Å². The van der Waals surface area contributed by atoms with Crippen LogP contribution in [0.15, 0.2) is 42.7 Å². The normalized spacial score (nSPS) is 11.7. The van der Waals surface area contributed by atoms with Crippen LogP contribution < -0.4 is 10.6 Å². The Kier molecular flexibility index (Phi) is 7.33. The van der Waals surface area contributed by atoms with Crippen molar-refractivity contribution in [1.29, 1.82) is 0 Å². The smallest absolute Gasteiger partial charge is 0.233 e. The Labute approximate surface area is 155 Å². The van der Waals surface area contributed by atoms with Crippen LogP contribution in [0.5, 0.6) is 0 Å². The van der Waals surface area contributed by atoms with Crippen molar-refractivity contribution in [3.8, 4) is 0 Å². The van der Waals surface area contributed by atoms with Gasteiger partial charge in [0.1, 0.15) is 6.42 Å². The van der Waals surface area contributed by atoms with Gasteiger partial charge in [-0.15, -0.1) is 0 Å². The maximum atomic E-state index is 12.4. The average molecular weight is 353 g/mol. The van der Waals surface area contributed by atoms with E-state index in [1.54, 1.807) is 12.4 Å². The first-order valence-corrected chi connectivity index (χ1v) is 9.06. The number of carbonyl (C=O) groups excluding carboxylic acids is 2. The molecule has 0 aliphatic heterocycles. The molecule has 0 aliphatic carbocycles. The number of carbonyl (C=O) groups is 2. The lowest BCUT2D eigenvalue weighted by Gasteiger charge is -2.19. The second kappa shape index (κ2) is 9.70. The SMILES string of the molecule is CCCC[C@H](NC(=O)CC(=O)Nc1cccc(C)c1C)c1cccnc1. The average Bonchev–Trinajstić information content (AvgIpc) is 2.63. The molecular weight excluding hydrogens is 326 g/mol. The number of nitrogens with zero attached hydrogens (tertiary/aromatic N) is 1. The number of amides is 2. The summed E-state index contributed by atoms with van der Waals surface area (Å²) in [6.07, 6.45) is 6.13. The predicted octanol–water partition coefficient (Wildman–Crippen LogP) is 4.07. The molecule has 0 spiro atoms. The Morgan fingerprint density at radius 2 is 1.92 bits per heavy atom. The maximum absolute atomic E-state index is 12.4. The van der Waals surface area contributed by atoms with E-state index < -0.39 is 0 Å². The Morgan fingerprint density at radius 1 is 1.12 bits per heavy atom. The van der Waals surface area contributed by atoms with Gasteiger partial charge >= 0.3 is 0 Å². The summed E-state index contributed by atoms with van der Waals surface area (Å²) in [4.78, 5) is 28.7. The number of aromatic nitrogens is 1. The fraction of sp³-hybridized carbons (Fsp3) is 0.381. The van der Waals surface area contributed by atoms with Crippen molar-refractivity contribution >= 4 is 17.5 Å². The Morgan fingerprint density at radius 3 is 2.62 bits per heavy atom. The van der Waals surface area contributed by atoms with Gasteiger partial charge < -0.3 is 10.6 Å². The monoisotopic (exact) mass is 353 g/mol. The van der Waals surface area contributed by atoms with E-state index in [0.717, 1.165) is 41.6 Å². The van der Waals surface area contributed by atoms with E-state index in [4.69, 9.17) is 0 Å². The zero-order valence-electron chi connectivity index (χ0n) is 15.7. The summed E-state index contributed by atoms with van der Waals surface area (Å²) in [6.45, 7) is 6.05. The maximum Gasteiger partial charge on any atom is 0.233 e. The van der Waals surface area contributed by atoms with E-state index >= 15 is 0 Å². The number of hydrogen-bond donors (Lipinski definition) is 2. The third-order valence-corrected chi connectivity index (χ3v) is 4.47. The van der Waals surface area contributed by atoms with Crippen LogP contribution in [0.25, 0.3) is 0 Å². The van der Waals surface area contributed by atoms with Crippen molar-refractivity contribution in [3.05, 3.63) is 59.4 Å². The molecule has 1 heterocycles. The number of pyridine rings is 1. The fourth-order valence-electron chi connectivity index (χ4n) is 2.78. The van der Waals surface area contributed by atoms with Crippen LogP contribution in [0.3, 0.4) is 0 Å². The van der Waals surface area contributed by atoms with Gasteiger partial charge in [-0.05, 0) is 49.1 Å². The molecule has 2 aromatic rings. The van der Waals surface area contributed by atoms with Gasteiger partial charge in [0, 0.05) is 18.1 Å². The Balaban J connectivity index is 1.96. The van der Waals surface area contributed by atoms with Crippen LogP contribution in [-0.4, -0.2) is 16.8 Å². The topological polar surface area (TPSA) is 71.1 Å². The number of nitrogens with one attached hydrogen (secondary N) is 2. The van der Waals surface area contributed by atoms with Gasteiger partial charge in [0.05, 0.1) is 6.04 Å². The number of aryl methyl sites for hydroxylation is 1. The second-order valence-electron chi connectivity index (χ2n) is 6.52. The summed E-state index contributed by atoms with van der Waals surface area (Å²) in [7, 11) is 0. The summed E-state index contributed by atoms with van der Waals surface area (Å²) < 4.78 is 0. The highest BCUT2D eigenvalue weighted by molar-refractivity contribution is 6.04. The molecule has 2 N–H and O–H groups in total. The molecule has 0 unspecified atom stereocenters. The standard InChI is InChI=1S/C21H27N3O2/c1-4-5-10-19(17-9-7-12-22-14-17)24-21(26)13-20(25)23-18-11-6-8-15(2)16(18)3/h6-9,11-12,14,19H,4-5,10,13H2,1-3H3,(H,23,25)(H,24,26)/t19-/m0/s1. The third kappa shape index (κ3) is 5.69. The summed E-state index contributed by atoms with van der Waals surface area (Å²) in [5.41, 5.74) is 3.82. The Hall–Kier alpha value is -2.69. The van der Waals surface area contributed by atoms with Gasteiger partial charge in [0.15, 0.2) is 0 Å². The van der Waals surface area contributed by atoms with E-state index in [1.807, 2.05) is 44.2 Å². The molecule has 1 aromatic carbocycles. The molecule has 1 atom stereocenters. The van der Waals surface area contributed by atoms with Crippen molar-refractivity contribution in [2.75, 3.05) is 5.32 Å². The lowest BCUT2D eigenvalue weighted by atomic mass is 10.0. The number of benzene rings is 1. The summed E-state index contributed by atoms with van der Waals surface area (Å²) >= 11 is 0.